The predicted molar refractivity (Wildman–Crippen MR) is 138 cm³/mol. The Morgan fingerprint density at radius 3 is 2.00 bits per heavy atom. The standard InChI is InChI=1S/C30H29F2N3O3/c31-24-10-6-22(7-11-24)30(23-8-12-25(32)13-9-23)18-21(27(36)38-30)19-34-16-14-29(15-17-34)28(37)33-20-35(29)26-4-2-1-3-5-26/h1-13,21H,14-20H2,(H,33,37). The molecule has 3 aromatic rings. The fourth-order valence-electron chi connectivity index (χ4n) is 6.27. The molecule has 1 atom stereocenters. The van der Waals surface area contributed by atoms with Crippen molar-refractivity contribution in [2.45, 2.75) is 30.4 Å². The Morgan fingerprint density at radius 2 is 1.42 bits per heavy atom. The molecule has 0 radical (unpaired) electrons. The van der Waals surface area contributed by atoms with Gasteiger partial charge in [-0.15, -0.1) is 0 Å². The highest BCUT2D eigenvalue weighted by Crippen LogP contribution is 2.46. The number of anilines is 1. The van der Waals surface area contributed by atoms with E-state index in [1.807, 2.05) is 30.3 Å². The zero-order valence-corrected chi connectivity index (χ0v) is 20.9. The number of nitrogens with one attached hydrogen (secondary N) is 1. The van der Waals surface area contributed by atoms with Crippen molar-refractivity contribution in [2.75, 3.05) is 31.2 Å². The molecule has 196 valence electrons. The van der Waals surface area contributed by atoms with E-state index in [-0.39, 0.29) is 23.5 Å². The Balaban J connectivity index is 1.20. The van der Waals surface area contributed by atoms with Gasteiger partial charge in [0.15, 0.2) is 5.60 Å². The van der Waals surface area contributed by atoms with Crippen LogP contribution < -0.4 is 10.2 Å². The molecule has 3 aliphatic rings. The Morgan fingerprint density at radius 1 is 0.842 bits per heavy atom. The van der Waals surface area contributed by atoms with Crippen molar-refractivity contribution < 1.29 is 23.1 Å². The van der Waals surface area contributed by atoms with Crippen molar-refractivity contribution in [1.29, 1.82) is 0 Å². The molecular formula is C30H29F2N3O3. The predicted octanol–water partition coefficient (Wildman–Crippen LogP) is 4.20. The van der Waals surface area contributed by atoms with Crippen LogP contribution >= 0.6 is 0 Å². The maximum absolute atomic E-state index is 13.7. The lowest BCUT2D eigenvalue weighted by molar-refractivity contribution is -0.149. The molecule has 1 spiro atoms. The third kappa shape index (κ3) is 4.13. The van der Waals surface area contributed by atoms with Gasteiger partial charge in [0.1, 0.15) is 17.2 Å². The summed E-state index contributed by atoms with van der Waals surface area (Å²) in [5, 5.41) is 3.02. The van der Waals surface area contributed by atoms with E-state index in [0.29, 0.717) is 56.7 Å². The number of halogens is 2. The molecule has 0 saturated carbocycles. The van der Waals surface area contributed by atoms with Crippen LogP contribution in [0.2, 0.25) is 0 Å². The van der Waals surface area contributed by atoms with Crippen LogP contribution in [0.15, 0.2) is 78.9 Å². The molecule has 3 aromatic carbocycles. The fourth-order valence-corrected chi connectivity index (χ4v) is 6.27. The summed E-state index contributed by atoms with van der Waals surface area (Å²) in [4.78, 5) is 30.6. The van der Waals surface area contributed by atoms with E-state index in [1.54, 1.807) is 24.3 Å². The quantitative estimate of drug-likeness (QED) is 0.514. The van der Waals surface area contributed by atoms with E-state index >= 15 is 0 Å². The largest absolute Gasteiger partial charge is 0.449 e. The second-order valence-corrected chi connectivity index (χ2v) is 10.4. The summed E-state index contributed by atoms with van der Waals surface area (Å²) in [5.41, 5.74) is 0.609. The molecule has 0 aliphatic carbocycles. The first-order valence-electron chi connectivity index (χ1n) is 13.0. The number of ether oxygens (including phenoxy) is 1. The Hall–Kier alpha value is -3.78. The van der Waals surface area contributed by atoms with Crippen LogP contribution in [-0.4, -0.2) is 48.6 Å². The van der Waals surface area contributed by atoms with Crippen molar-refractivity contribution >= 4 is 17.6 Å². The summed E-state index contributed by atoms with van der Waals surface area (Å²) >= 11 is 0. The molecule has 38 heavy (non-hydrogen) atoms. The molecule has 3 heterocycles. The van der Waals surface area contributed by atoms with Gasteiger partial charge in [-0.2, -0.15) is 0 Å². The second-order valence-electron chi connectivity index (χ2n) is 10.4. The average molecular weight is 518 g/mol. The van der Waals surface area contributed by atoms with Crippen molar-refractivity contribution in [3.63, 3.8) is 0 Å². The lowest BCUT2D eigenvalue weighted by Gasteiger charge is -2.43. The number of hydrogen-bond acceptors (Lipinski definition) is 5. The number of benzene rings is 3. The van der Waals surface area contributed by atoms with Gasteiger partial charge in [-0.05, 0) is 49.2 Å². The van der Waals surface area contributed by atoms with Gasteiger partial charge >= 0.3 is 5.97 Å². The van der Waals surface area contributed by atoms with Gasteiger partial charge in [-0.1, -0.05) is 42.5 Å². The maximum atomic E-state index is 13.7. The Bertz CT molecular complexity index is 1280. The fraction of sp³-hybridized carbons (Fsp3) is 0.333. The highest BCUT2D eigenvalue weighted by atomic mass is 19.1. The van der Waals surface area contributed by atoms with Gasteiger partial charge < -0.3 is 19.9 Å². The lowest BCUT2D eigenvalue weighted by atomic mass is 9.80. The highest BCUT2D eigenvalue weighted by molar-refractivity contribution is 5.93. The second kappa shape index (κ2) is 9.51. The van der Waals surface area contributed by atoms with E-state index in [1.165, 1.54) is 24.3 Å². The van der Waals surface area contributed by atoms with Gasteiger partial charge in [0.25, 0.3) is 0 Å². The number of hydrogen-bond donors (Lipinski definition) is 1. The van der Waals surface area contributed by atoms with Crippen molar-refractivity contribution in [3.8, 4) is 0 Å². The summed E-state index contributed by atoms with van der Waals surface area (Å²) in [6, 6.07) is 21.8. The minimum atomic E-state index is -1.12. The number of likely N-dealkylation sites (tertiary alicyclic amines) is 1. The third-order valence-electron chi connectivity index (χ3n) is 8.33. The van der Waals surface area contributed by atoms with Gasteiger partial charge in [-0.25, -0.2) is 8.78 Å². The normalized spacial score (nSPS) is 22.5. The van der Waals surface area contributed by atoms with E-state index in [9.17, 15) is 18.4 Å². The molecule has 1 amide bonds. The molecule has 1 N–H and O–H groups in total. The monoisotopic (exact) mass is 517 g/mol. The number of piperidine rings is 1. The number of esters is 1. The van der Waals surface area contributed by atoms with E-state index < -0.39 is 17.1 Å². The molecule has 8 heteroatoms. The topological polar surface area (TPSA) is 61.9 Å². The minimum Gasteiger partial charge on any atom is -0.449 e. The third-order valence-corrected chi connectivity index (χ3v) is 8.33. The van der Waals surface area contributed by atoms with Crippen LogP contribution in [0.3, 0.4) is 0 Å². The van der Waals surface area contributed by atoms with Crippen molar-refractivity contribution in [3.05, 3.63) is 102 Å². The summed E-state index contributed by atoms with van der Waals surface area (Å²) in [6.45, 7) is 2.31. The summed E-state index contributed by atoms with van der Waals surface area (Å²) in [6.07, 6.45) is 1.66. The molecule has 6 rings (SSSR count). The zero-order valence-electron chi connectivity index (χ0n) is 20.9. The molecular weight excluding hydrogens is 488 g/mol. The van der Waals surface area contributed by atoms with Crippen LogP contribution in [-0.2, 0) is 19.9 Å². The van der Waals surface area contributed by atoms with Gasteiger partial charge in [0, 0.05) is 42.9 Å². The van der Waals surface area contributed by atoms with Crippen LogP contribution in [0, 0.1) is 17.6 Å². The van der Waals surface area contributed by atoms with E-state index in [0.717, 1.165) is 5.69 Å². The van der Waals surface area contributed by atoms with E-state index in [2.05, 4.69) is 15.1 Å². The number of amides is 1. The van der Waals surface area contributed by atoms with E-state index in [4.69, 9.17) is 4.74 Å². The van der Waals surface area contributed by atoms with Crippen molar-refractivity contribution in [1.82, 2.24) is 10.2 Å². The first-order chi connectivity index (χ1) is 18.4. The number of cyclic esters (lactones) is 1. The molecule has 6 nitrogen and oxygen atoms in total. The van der Waals surface area contributed by atoms with Gasteiger partial charge in [0.05, 0.1) is 12.6 Å². The molecule has 0 bridgehead atoms. The summed E-state index contributed by atoms with van der Waals surface area (Å²) in [5.74, 6) is -1.46. The number of nitrogens with zero attached hydrogens (tertiary/aromatic N) is 2. The zero-order chi connectivity index (χ0) is 26.3. The Kier molecular flexibility index (Phi) is 6.14. The van der Waals surface area contributed by atoms with Gasteiger partial charge in [-0.3, -0.25) is 9.59 Å². The lowest BCUT2D eigenvalue weighted by Crippen LogP contribution is -2.57. The number of carbonyl (C=O) groups excluding carboxylic acids is 2. The van der Waals surface area contributed by atoms with Crippen LogP contribution in [0.4, 0.5) is 14.5 Å². The smallest absolute Gasteiger partial charge is 0.311 e. The first kappa shape index (κ1) is 24.6. The van der Waals surface area contributed by atoms with Gasteiger partial charge in [0.2, 0.25) is 5.91 Å². The number of carbonyl (C=O) groups is 2. The molecule has 0 aromatic heterocycles. The summed E-state index contributed by atoms with van der Waals surface area (Å²) in [7, 11) is 0. The number of para-hydroxylation sites is 1. The first-order valence-corrected chi connectivity index (χ1v) is 13.0. The number of rotatable bonds is 5. The summed E-state index contributed by atoms with van der Waals surface area (Å²) < 4.78 is 33.5. The molecule has 3 fully saturated rings. The van der Waals surface area contributed by atoms with Crippen LogP contribution in [0.5, 0.6) is 0 Å². The minimum absolute atomic E-state index is 0.0490. The SMILES string of the molecule is O=C1OC(c2ccc(F)cc2)(c2ccc(F)cc2)CC1CN1CCC2(CC1)C(=O)NCN2c1ccccc1. The maximum Gasteiger partial charge on any atom is 0.311 e. The Labute approximate surface area is 220 Å². The van der Waals surface area contributed by atoms with Crippen LogP contribution in [0.1, 0.15) is 30.4 Å². The molecule has 3 saturated heterocycles. The molecule has 3 aliphatic heterocycles. The van der Waals surface area contributed by atoms with Crippen LogP contribution in [0.25, 0.3) is 0 Å². The van der Waals surface area contributed by atoms with Crippen molar-refractivity contribution in [2.24, 2.45) is 5.92 Å². The average Bonchev–Trinajstić information content (AvgIpc) is 3.43. The molecule has 1 unspecified atom stereocenters. The highest BCUT2D eigenvalue weighted by Gasteiger charge is 2.53.